The van der Waals surface area contributed by atoms with Crippen LogP contribution in [0.4, 0.5) is 0 Å². The predicted molar refractivity (Wildman–Crippen MR) is 146 cm³/mol. The van der Waals surface area contributed by atoms with Crippen molar-refractivity contribution in [2.75, 3.05) is 0 Å². The monoisotopic (exact) mass is 433 g/mol. The number of hydrogen-bond donors (Lipinski definition) is 0. The molecule has 34 heavy (non-hydrogen) atoms. The van der Waals surface area contributed by atoms with E-state index in [9.17, 15) is 0 Å². The van der Waals surface area contributed by atoms with Crippen molar-refractivity contribution in [1.29, 1.82) is 0 Å². The standard InChI is InChI=1S/C33H23N/c1-34-32-19-17-28(21-31(32)30-18-16-25-7-4-5-9-29(25)33(30)34)24-12-10-23(11-13-24)27-15-14-22-6-2-3-8-26(22)20-27/h2-21H,1H3. The molecule has 0 amide bonds. The molecule has 0 fully saturated rings. The summed E-state index contributed by atoms with van der Waals surface area (Å²) >= 11 is 0. The van der Waals surface area contributed by atoms with Gasteiger partial charge in [0.25, 0.3) is 0 Å². The minimum Gasteiger partial charge on any atom is -0.343 e. The third-order valence-corrected chi connectivity index (χ3v) is 7.19. The second-order valence-corrected chi connectivity index (χ2v) is 9.11. The summed E-state index contributed by atoms with van der Waals surface area (Å²) in [4.78, 5) is 0. The zero-order chi connectivity index (χ0) is 22.6. The molecule has 0 unspecified atom stereocenters. The van der Waals surface area contributed by atoms with Gasteiger partial charge in [-0.05, 0) is 56.6 Å². The van der Waals surface area contributed by atoms with Crippen LogP contribution in [0.5, 0.6) is 0 Å². The molecule has 1 nitrogen and oxygen atoms in total. The van der Waals surface area contributed by atoms with Crippen molar-refractivity contribution in [1.82, 2.24) is 4.57 Å². The molecule has 0 N–H and O–H groups in total. The summed E-state index contributed by atoms with van der Waals surface area (Å²) in [6.45, 7) is 0. The van der Waals surface area contributed by atoms with Gasteiger partial charge in [-0.3, -0.25) is 0 Å². The van der Waals surface area contributed by atoms with Gasteiger partial charge in [-0.15, -0.1) is 0 Å². The van der Waals surface area contributed by atoms with E-state index in [1.165, 1.54) is 65.6 Å². The van der Waals surface area contributed by atoms with Crippen LogP contribution in [0.1, 0.15) is 0 Å². The lowest BCUT2D eigenvalue weighted by Crippen LogP contribution is -1.88. The van der Waals surface area contributed by atoms with Gasteiger partial charge in [-0.2, -0.15) is 0 Å². The van der Waals surface area contributed by atoms with Crippen LogP contribution in [0.2, 0.25) is 0 Å². The summed E-state index contributed by atoms with van der Waals surface area (Å²) in [7, 11) is 2.18. The fourth-order valence-electron chi connectivity index (χ4n) is 5.40. The first kappa shape index (κ1) is 19.1. The summed E-state index contributed by atoms with van der Waals surface area (Å²) in [6.07, 6.45) is 0. The van der Waals surface area contributed by atoms with Gasteiger partial charge in [0, 0.05) is 28.7 Å². The third-order valence-electron chi connectivity index (χ3n) is 7.19. The summed E-state index contributed by atoms with van der Waals surface area (Å²) in [6, 6.07) is 44.2. The van der Waals surface area contributed by atoms with E-state index in [0.29, 0.717) is 0 Å². The molecule has 160 valence electrons. The molecule has 0 bridgehead atoms. The lowest BCUT2D eigenvalue weighted by atomic mass is 9.97. The van der Waals surface area contributed by atoms with Crippen LogP contribution < -0.4 is 0 Å². The highest BCUT2D eigenvalue weighted by atomic mass is 14.9. The average molecular weight is 434 g/mol. The predicted octanol–water partition coefficient (Wildman–Crippen LogP) is 8.97. The summed E-state index contributed by atoms with van der Waals surface area (Å²) in [5.74, 6) is 0. The lowest BCUT2D eigenvalue weighted by molar-refractivity contribution is 1.02. The zero-order valence-electron chi connectivity index (χ0n) is 19.0. The van der Waals surface area contributed by atoms with Crippen LogP contribution in [-0.2, 0) is 7.05 Å². The van der Waals surface area contributed by atoms with Gasteiger partial charge < -0.3 is 4.57 Å². The molecule has 1 heterocycles. The Bertz CT molecular complexity index is 1850. The van der Waals surface area contributed by atoms with Gasteiger partial charge in [0.05, 0.1) is 5.52 Å². The van der Waals surface area contributed by atoms with Gasteiger partial charge in [-0.25, -0.2) is 0 Å². The molecule has 1 heteroatoms. The molecule has 7 aromatic rings. The first-order valence-corrected chi connectivity index (χ1v) is 11.8. The minimum atomic E-state index is 1.24. The SMILES string of the molecule is Cn1c2ccc(-c3ccc(-c4ccc5ccccc5c4)cc3)cc2c2ccc3ccccc3c21. The normalized spacial score (nSPS) is 11.7. The van der Waals surface area contributed by atoms with Gasteiger partial charge in [0.1, 0.15) is 0 Å². The molecule has 0 saturated carbocycles. The molecule has 0 atom stereocenters. The second kappa shape index (κ2) is 7.33. The summed E-state index contributed by atoms with van der Waals surface area (Å²) in [5.41, 5.74) is 7.55. The molecule has 0 saturated heterocycles. The average Bonchev–Trinajstić information content (AvgIpc) is 3.20. The van der Waals surface area contributed by atoms with Crippen molar-refractivity contribution in [3.05, 3.63) is 121 Å². The number of fused-ring (bicyclic) bond motifs is 6. The highest BCUT2D eigenvalue weighted by Gasteiger charge is 2.12. The van der Waals surface area contributed by atoms with E-state index in [0.717, 1.165) is 0 Å². The molecule has 6 aromatic carbocycles. The number of nitrogens with zero attached hydrogens (tertiary/aromatic N) is 1. The van der Waals surface area contributed by atoms with E-state index in [-0.39, 0.29) is 0 Å². The third kappa shape index (κ3) is 2.87. The quantitative estimate of drug-likeness (QED) is 0.256. The van der Waals surface area contributed by atoms with E-state index in [2.05, 4.69) is 133 Å². The molecular formula is C33H23N. The number of rotatable bonds is 2. The maximum atomic E-state index is 2.34. The van der Waals surface area contributed by atoms with Crippen LogP contribution in [0.3, 0.4) is 0 Å². The van der Waals surface area contributed by atoms with Crippen molar-refractivity contribution >= 4 is 43.4 Å². The zero-order valence-corrected chi connectivity index (χ0v) is 19.0. The Morgan fingerprint density at radius 1 is 0.412 bits per heavy atom. The topological polar surface area (TPSA) is 4.93 Å². The van der Waals surface area contributed by atoms with E-state index in [4.69, 9.17) is 0 Å². The fourth-order valence-corrected chi connectivity index (χ4v) is 5.40. The van der Waals surface area contributed by atoms with Gasteiger partial charge in [0.2, 0.25) is 0 Å². The number of aromatic nitrogens is 1. The largest absolute Gasteiger partial charge is 0.343 e. The summed E-state index contributed by atoms with van der Waals surface area (Å²) < 4.78 is 2.33. The highest BCUT2D eigenvalue weighted by molar-refractivity contribution is 6.18. The molecule has 0 aliphatic heterocycles. The molecule has 0 spiro atoms. The van der Waals surface area contributed by atoms with Crippen molar-refractivity contribution in [2.45, 2.75) is 0 Å². The Kier molecular flexibility index (Phi) is 4.13. The van der Waals surface area contributed by atoms with Crippen LogP contribution >= 0.6 is 0 Å². The molecule has 0 radical (unpaired) electrons. The molecule has 7 rings (SSSR count). The molecule has 1 aromatic heterocycles. The molecule has 0 aliphatic carbocycles. The maximum absolute atomic E-state index is 2.34. The Balaban J connectivity index is 1.33. The van der Waals surface area contributed by atoms with E-state index >= 15 is 0 Å². The minimum absolute atomic E-state index is 1.24. The van der Waals surface area contributed by atoms with Crippen molar-refractivity contribution in [3.8, 4) is 22.3 Å². The second-order valence-electron chi connectivity index (χ2n) is 9.11. The Hall–Kier alpha value is -4.36. The van der Waals surface area contributed by atoms with E-state index in [1.807, 2.05) is 0 Å². The van der Waals surface area contributed by atoms with E-state index in [1.54, 1.807) is 0 Å². The van der Waals surface area contributed by atoms with Crippen LogP contribution in [0.25, 0.3) is 65.6 Å². The van der Waals surface area contributed by atoms with Crippen molar-refractivity contribution < 1.29 is 0 Å². The van der Waals surface area contributed by atoms with Gasteiger partial charge >= 0.3 is 0 Å². The van der Waals surface area contributed by atoms with E-state index < -0.39 is 0 Å². The summed E-state index contributed by atoms with van der Waals surface area (Å²) in [5, 5.41) is 7.76. The van der Waals surface area contributed by atoms with Gasteiger partial charge in [-0.1, -0.05) is 103 Å². The van der Waals surface area contributed by atoms with Crippen molar-refractivity contribution in [2.24, 2.45) is 7.05 Å². The smallest absolute Gasteiger partial charge is 0.0568 e. The molecular weight excluding hydrogens is 410 g/mol. The fraction of sp³-hybridized carbons (Fsp3) is 0.0303. The first-order valence-electron chi connectivity index (χ1n) is 11.8. The first-order chi connectivity index (χ1) is 16.8. The van der Waals surface area contributed by atoms with Crippen LogP contribution in [-0.4, -0.2) is 4.57 Å². The Morgan fingerprint density at radius 2 is 1.00 bits per heavy atom. The number of hydrogen-bond acceptors (Lipinski definition) is 0. The number of benzene rings is 6. The highest BCUT2D eigenvalue weighted by Crippen LogP contribution is 2.36. The molecule has 0 aliphatic rings. The Morgan fingerprint density at radius 3 is 1.79 bits per heavy atom. The number of aryl methyl sites for hydroxylation is 1. The van der Waals surface area contributed by atoms with Crippen LogP contribution in [0, 0.1) is 0 Å². The van der Waals surface area contributed by atoms with Crippen LogP contribution in [0.15, 0.2) is 121 Å². The Labute approximate surface area is 198 Å². The van der Waals surface area contributed by atoms with Gasteiger partial charge in [0.15, 0.2) is 0 Å². The lowest BCUT2D eigenvalue weighted by Gasteiger charge is -2.07. The maximum Gasteiger partial charge on any atom is 0.0568 e. The van der Waals surface area contributed by atoms with Crippen molar-refractivity contribution in [3.63, 3.8) is 0 Å².